The summed E-state index contributed by atoms with van der Waals surface area (Å²) in [5.74, 6) is -0.945. The van der Waals surface area contributed by atoms with E-state index in [0.29, 0.717) is 17.9 Å². The Morgan fingerprint density at radius 1 is 1.00 bits per heavy atom. The summed E-state index contributed by atoms with van der Waals surface area (Å²) in [6.07, 6.45) is 0. The fraction of sp³-hybridized carbons (Fsp3) is 0.125. The van der Waals surface area contributed by atoms with Gasteiger partial charge in [0.2, 0.25) is 0 Å². The number of amides is 2. The second-order valence-electron chi connectivity index (χ2n) is 4.38. The van der Waals surface area contributed by atoms with Crippen LogP contribution in [0.5, 0.6) is 5.75 Å². The van der Waals surface area contributed by atoms with Gasteiger partial charge in [-0.25, -0.2) is 4.39 Å². The Labute approximate surface area is 127 Å². The van der Waals surface area contributed by atoms with Crippen LogP contribution >= 0.6 is 0 Å². The van der Waals surface area contributed by atoms with Crippen molar-refractivity contribution in [1.29, 1.82) is 0 Å². The molecule has 0 bridgehead atoms. The third kappa shape index (κ3) is 4.05. The first kappa shape index (κ1) is 15.5. The Balaban J connectivity index is 1.93. The maximum Gasteiger partial charge on any atom is 0.269 e. The van der Waals surface area contributed by atoms with Crippen molar-refractivity contribution in [1.82, 2.24) is 10.9 Å². The van der Waals surface area contributed by atoms with E-state index in [9.17, 15) is 14.0 Å². The molecule has 0 aliphatic rings. The minimum absolute atomic E-state index is 0.118. The summed E-state index contributed by atoms with van der Waals surface area (Å²) in [4.78, 5) is 23.6. The maximum atomic E-state index is 13.0. The molecule has 0 spiro atoms. The third-order valence-electron chi connectivity index (χ3n) is 2.80. The van der Waals surface area contributed by atoms with Crippen LogP contribution in [0.2, 0.25) is 0 Å². The molecule has 2 aromatic rings. The van der Waals surface area contributed by atoms with Gasteiger partial charge in [0.1, 0.15) is 11.6 Å². The summed E-state index contributed by atoms with van der Waals surface area (Å²) < 4.78 is 18.3. The zero-order valence-electron chi connectivity index (χ0n) is 11.9. The molecule has 0 atom stereocenters. The number of hydrazine groups is 1. The van der Waals surface area contributed by atoms with Crippen molar-refractivity contribution in [2.75, 3.05) is 6.61 Å². The molecular formula is C16H15FN2O3. The number of hydrogen-bond donors (Lipinski definition) is 2. The molecule has 2 aromatic carbocycles. The van der Waals surface area contributed by atoms with Crippen LogP contribution < -0.4 is 15.6 Å². The van der Waals surface area contributed by atoms with Gasteiger partial charge in [0.05, 0.1) is 6.61 Å². The van der Waals surface area contributed by atoms with E-state index < -0.39 is 17.6 Å². The van der Waals surface area contributed by atoms with Crippen molar-refractivity contribution in [2.24, 2.45) is 0 Å². The summed E-state index contributed by atoms with van der Waals surface area (Å²) in [5.41, 5.74) is 4.98. The number of hydrogen-bond acceptors (Lipinski definition) is 3. The van der Waals surface area contributed by atoms with E-state index in [0.717, 1.165) is 6.07 Å². The average Bonchev–Trinajstić information content (AvgIpc) is 2.53. The predicted molar refractivity (Wildman–Crippen MR) is 78.9 cm³/mol. The maximum absolute atomic E-state index is 13.0. The molecule has 0 unspecified atom stereocenters. The Bertz CT molecular complexity index is 671. The van der Waals surface area contributed by atoms with Gasteiger partial charge in [-0.15, -0.1) is 0 Å². The van der Waals surface area contributed by atoms with Gasteiger partial charge >= 0.3 is 0 Å². The molecular weight excluding hydrogens is 287 g/mol. The molecule has 0 fully saturated rings. The molecule has 0 radical (unpaired) electrons. The lowest BCUT2D eigenvalue weighted by Crippen LogP contribution is -2.41. The van der Waals surface area contributed by atoms with E-state index >= 15 is 0 Å². The minimum Gasteiger partial charge on any atom is -0.494 e. The van der Waals surface area contributed by atoms with Crippen LogP contribution in [0.4, 0.5) is 4.39 Å². The van der Waals surface area contributed by atoms with Crippen molar-refractivity contribution < 1.29 is 18.7 Å². The third-order valence-corrected chi connectivity index (χ3v) is 2.80. The molecule has 0 aliphatic heterocycles. The highest BCUT2D eigenvalue weighted by molar-refractivity contribution is 5.99. The molecule has 22 heavy (non-hydrogen) atoms. The van der Waals surface area contributed by atoms with E-state index in [1.165, 1.54) is 18.2 Å². The van der Waals surface area contributed by atoms with E-state index in [1.54, 1.807) is 24.3 Å². The first-order valence-corrected chi connectivity index (χ1v) is 6.69. The van der Waals surface area contributed by atoms with Gasteiger partial charge in [-0.3, -0.25) is 20.4 Å². The summed E-state index contributed by atoms with van der Waals surface area (Å²) in [6.45, 7) is 2.40. The van der Waals surface area contributed by atoms with Crippen LogP contribution in [0.1, 0.15) is 27.6 Å². The van der Waals surface area contributed by atoms with Gasteiger partial charge in [-0.2, -0.15) is 0 Å². The summed E-state index contributed by atoms with van der Waals surface area (Å²) in [5, 5.41) is 0. The zero-order valence-corrected chi connectivity index (χ0v) is 11.9. The molecule has 0 aromatic heterocycles. The zero-order chi connectivity index (χ0) is 15.9. The average molecular weight is 302 g/mol. The normalized spacial score (nSPS) is 9.91. The van der Waals surface area contributed by atoms with Gasteiger partial charge in [-0.05, 0) is 49.4 Å². The van der Waals surface area contributed by atoms with Gasteiger partial charge in [0, 0.05) is 11.1 Å². The van der Waals surface area contributed by atoms with Crippen LogP contribution in [0.3, 0.4) is 0 Å². The molecule has 5 nitrogen and oxygen atoms in total. The van der Waals surface area contributed by atoms with Crippen molar-refractivity contribution in [2.45, 2.75) is 6.92 Å². The van der Waals surface area contributed by atoms with Crippen LogP contribution in [-0.2, 0) is 0 Å². The van der Waals surface area contributed by atoms with E-state index in [2.05, 4.69) is 10.9 Å². The summed E-state index contributed by atoms with van der Waals surface area (Å²) in [6, 6.07) is 11.6. The number of benzene rings is 2. The van der Waals surface area contributed by atoms with Crippen LogP contribution in [0.15, 0.2) is 48.5 Å². The van der Waals surface area contributed by atoms with Crippen molar-refractivity contribution >= 4 is 11.8 Å². The highest BCUT2D eigenvalue weighted by Gasteiger charge is 2.09. The molecule has 0 saturated heterocycles. The minimum atomic E-state index is -0.598. The summed E-state index contributed by atoms with van der Waals surface area (Å²) in [7, 11) is 0. The van der Waals surface area contributed by atoms with Crippen molar-refractivity contribution in [3.8, 4) is 5.75 Å². The number of carbonyl (C=O) groups is 2. The Morgan fingerprint density at radius 3 is 2.23 bits per heavy atom. The fourth-order valence-corrected chi connectivity index (χ4v) is 1.76. The van der Waals surface area contributed by atoms with E-state index in [4.69, 9.17) is 4.74 Å². The quantitative estimate of drug-likeness (QED) is 0.852. The van der Waals surface area contributed by atoms with Gasteiger partial charge in [-0.1, -0.05) is 6.07 Å². The fourth-order valence-electron chi connectivity index (χ4n) is 1.76. The van der Waals surface area contributed by atoms with Gasteiger partial charge < -0.3 is 4.74 Å². The van der Waals surface area contributed by atoms with Gasteiger partial charge in [0.15, 0.2) is 0 Å². The monoisotopic (exact) mass is 302 g/mol. The van der Waals surface area contributed by atoms with Crippen LogP contribution in [-0.4, -0.2) is 18.4 Å². The van der Waals surface area contributed by atoms with Crippen molar-refractivity contribution in [3.05, 3.63) is 65.5 Å². The molecule has 2 amide bonds. The van der Waals surface area contributed by atoms with E-state index in [1.807, 2.05) is 6.92 Å². The Morgan fingerprint density at radius 2 is 1.64 bits per heavy atom. The lowest BCUT2D eigenvalue weighted by Gasteiger charge is -2.08. The van der Waals surface area contributed by atoms with Crippen LogP contribution in [0.25, 0.3) is 0 Å². The lowest BCUT2D eigenvalue weighted by molar-refractivity contribution is 0.0846. The Kier molecular flexibility index (Phi) is 5.08. The largest absolute Gasteiger partial charge is 0.494 e. The molecule has 6 heteroatoms. The van der Waals surface area contributed by atoms with Crippen LogP contribution in [0, 0.1) is 5.82 Å². The highest BCUT2D eigenvalue weighted by atomic mass is 19.1. The molecule has 2 N–H and O–H groups in total. The van der Waals surface area contributed by atoms with Crippen molar-refractivity contribution in [3.63, 3.8) is 0 Å². The predicted octanol–water partition coefficient (Wildman–Crippen LogP) is 2.30. The smallest absolute Gasteiger partial charge is 0.269 e. The SMILES string of the molecule is CCOc1ccc(C(=O)NNC(=O)c2cccc(F)c2)cc1. The van der Waals surface area contributed by atoms with Gasteiger partial charge in [0.25, 0.3) is 11.8 Å². The van der Waals surface area contributed by atoms with E-state index in [-0.39, 0.29) is 5.56 Å². The summed E-state index contributed by atoms with van der Waals surface area (Å²) >= 11 is 0. The highest BCUT2D eigenvalue weighted by Crippen LogP contribution is 2.11. The first-order valence-electron chi connectivity index (χ1n) is 6.69. The number of rotatable bonds is 4. The lowest BCUT2D eigenvalue weighted by atomic mass is 10.2. The molecule has 0 aliphatic carbocycles. The number of ether oxygens (including phenoxy) is 1. The first-order chi connectivity index (χ1) is 10.6. The number of halogens is 1. The second-order valence-corrected chi connectivity index (χ2v) is 4.38. The Hall–Kier alpha value is -2.89. The topological polar surface area (TPSA) is 67.4 Å². The molecule has 2 rings (SSSR count). The molecule has 114 valence electrons. The molecule has 0 heterocycles. The number of nitrogens with one attached hydrogen (secondary N) is 2. The number of carbonyl (C=O) groups excluding carboxylic acids is 2. The standard InChI is InChI=1S/C16H15FN2O3/c1-2-22-14-8-6-11(7-9-14)15(20)18-19-16(21)12-4-3-5-13(17)10-12/h3-10H,2H2,1H3,(H,18,20)(H,19,21). The second kappa shape index (κ2) is 7.21. The molecule has 0 saturated carbocycles.